The van der Waals surface area contributed by atoms with Gasteiger partial charge < -0.3 is 14.8 Å². The number of aromatic amines is 1. The number of anilines is 1. The van der Waals surface area contributed by atoms with E-state index >= 15 is 0 Å². The molecule has 0 radical (unpaired) electrons. The second kappa shape index (κ2) is 9.47. The minimum atomic E-state index is 0.653. The van der Waals surface area contributed by atoms with Gasteiger partial charge in [-0.3, -0.25) is 9.88 Å². The maximum Gasteiger partial charge on any atom is 0.180 e. The van der Waals surface area contributed by atoms with Crippen molar-refractivity contribution in [1.82, 2.24) is 29.7 Å². The van der Waals surface area contributed by atoms with Crippen molar-refractivity contribution in [2.24, 2.45) is 0 Å². The van der Waals surface area contributed by atoms with Gasteiger partial charge in [-0.25, -0.2) is 9.97 Å². The molecule has 33 heavy (non-hydrogen) atoms. The van der Waals surface area contributed by atoms with Gasteiger partial charge in [0.05, 0.1) is 16.9 Å². The Balaban J connectivity index is 1.36. The van der Waals surface area contributed by atoms with E-state index in [-0.39, 0.29) is 0 Å². The number of hydrogen-bond donors (Lipinski definition) is 1. The van der Waals surface area contributed by atoms with Crippen molar-refractivity contribution in [2.45, 2.75) is 13.1 Å². The molecule has 8 heteroatoms. The van der Waals surface area contributed by atoms with E-state index in [0.717, 1.165) is 61.9 Å². The SMILES string of the molecule is CN(C)Cc1ccc(-c2nc3ncc(Cl)c(N4CCN(Cc5cccnc5)CC4)c3[nH]2)cc1. The van der Waals surface area contributed by atoms with Crippen LogP contribution in [0.25, 0.3) is 22.6 Å². The van der Waals surface area contributed by atoms with Crippen LogP contribution in [0.5, 0.6) is 0 Å². The number of rotatable bonds is 6. The zero-order chi connectivity index (χ0) is 22.8. The predicted molar refractivity (Wildman–Crippen MR) is 133 cm³/mol. The van der Waals surface area contributed by atoms with Gasteiger partial charge in [-0.2, -0.15) is 0 Å². The van der Waals surface area contributed by atoms with Crippen LogP contribution in [0.2, 0.25) is 5.02 Å². The van der Waals surface area contributed by atoms with E-state index in [1.807, 2.05) is 18.5 Å². The molecule has 1 aromatic carbocycles. The number of aromatic nitrogens is 4. The predicted octanol–water partition coefficient (Wildman–Crippen LogP) is 4.06. The summed E-state index contributed by atoms with van der Waals surface area (Å²) < 4.78 is 0. The molecular formula is C25H28ClN7. The number of piperazine rings is 1. The third-order valence-electron chi connectivity index (χ3n) is 5.99. The van der Waals surface area contributed by atoms with Gasteiger partial charge in [-0.05, 0) is 31.3 Å². The van der Waals surface area contributed by atoms with Gasteiger partial charge in [0.15, 0.2) is 5.65 Å². The fraction of sp³-hybridized carbons (Fsp3) is 0.320. The van der Waals surface area contributed by atoms with E-state index in [1.165, 1.54) is 11.1 Å². The third-order valence-corrected chi connectivity index (χ3v) is 6.27. The first-order valence-electron chi connectivity index (χ1n) is 11.2. The molecule has 4 heterocycles. The van der Waals surface area contributed by atoms with Crippen LogP contribution in [0, 0.1) is 0 Å². The minimum absolute atomic E-state index is 0.653. The highest BCUT2D eigenvalue weighted by Crippen LogP contribution is 2.34. The topological polar surface area (TPSA) is 64.2 Å². The first-order chi connectivity index (χ1) is 16.1. The lowest BCUT2D eigenvalue weighted by atomic mass is 10.1. The Hall–Kier alpha value is -3.00. The van der Waals surface area contributed by atoms with Gasteiger partial charge in [-0.15, -0.1) is 0 Å². The van der Waals surface area contributed by atoms with Gasteiger partial charge in [0.2, 0.25) is 0 Å². The molecule has 4 aromatic rings. The average molecular weight is 462 g/mol. The number of H-pyrrole nitrogens is 1. The van der Waals surface area contributed by atoms with E-state index in [1.54, 1.807) is 6.20 Å². The lowest BCUT2D eigenvalue weighted by molar-refractivity contribution is 0.250. The molecule has 170 valence electrons. The number of hydrogen-bond acceptors (Lipinski definition) is 6. The van der Waals surface area contributed by atoms with Crippen molar-refractivity contribution in [1.29, 1.82) is 0 Å². The maximum absolute atomic E-state index is 6.65. The Morgan fingerprint density at radius 2 is 1.79 bits per heavy atom. The highest BCUT2D eigenvalue weighted by molar-refractivity contribution is 6.34. The molecule has 0 aliphatic carbocycles. The first kappa shape index (κ1) is 21.8. The Kier molecular flexibility index (Phi) is 6.26. The number of halogens is 1. The number of fused-ring (bicyclic) bond motifs is 1. The fourth-order valence-corrected chi connectivity index (χ4v) is 4.64. The molecule has 0 unspecified atom stereocenters. The smallest absolute Gasteiger partial charge is 0.180 e. The number of nitrogens with zero attached hydrogens (tertiary/aromatic N) is 6. The van der Waals surface area contributed by atoms with Gasteiger partial charge in [0.1, 0.15) is 11.3 Å². The van der Waals surface area contributed by atoms with Crippen LogP contribution in [0.1, 0.15) is 11.1 Å². The van der Waals surface area contributed by atoms with E-state index in [9.17, 15) is 0 Å². The Morgan fingerprint density at radius 1 is 1.00 bits per heavy atom. The van der Waals surface area contributed by atoms with Crippen molar-refractivity contribution in [2.75, 3.05) is 45.2 Å². The van der Waals surface area contributed by atoms with Crippen LogP contribution in [0.4, 0.5) is 5.69 Å². The summed E-state index contributed by atoms with van der Waals surface area (Å²) >= 11 is 6.65. The fourth-order valence-electron chi connectivity index (χ4n) is 4.38. The summed E-state index contributed by atoms with van der Waals surface area (Å²) in [4.78, 5) is 23.9. The van der Waals surface area contributed by atoms with Crippen LogP contribution < -0.4 is 4.90 Å². The van der Waals surface area contributed by atoms with E-state index in [0.29, 0.717) is 10.7 Å². The standard InChI is InChI=1S/C25H28ClN7/c1-31(2)16-18-5-7-20(8-6-18)24-29-22-23(21(26)15-28-25(22)30-24)33-12-10-32(11-13-33)17-19-4-3-9-27-14-19/h3-9,14-15H,10-13,16-17H2,1-2H3,(H,28,29,30). The second-order valence-electron chi connectivity index (χ2n) is 8.80. The molecule has 0 bridgehead atoms. The third kappa shape index (κ3) is 4.85. The second-order valence-corrected chi connectivity index (χ2v) is 9.21. The zero-order valence-corrected chi connectivity index (χ0v) is 19.8. The van der Waals surface area contributed by atoms with Gasteiger partial charge in [0, 0.05) is 57.2 Å². The van der Waals surface area contributed by atoms with Crippen molar-refractivity contribution in [3.8, 4) is 11.4 Å². The van der Waals surface area contributed by atoms with Crippen molar-refractivity contribution < 1.29 is 0 Å². The Morgan fingerprint density at radius 3 is 2.48 bits per heavy atom. The van der Waals surface area contributed by atoms with Crippen LogP contribution >= 0.6 is 11.6 Å². The monoisotopic (exact) mass is 461 g/mol. The maximum atomic E-state index is 6.65. The van der Waals surface area contributed by atoms with E-state index in [2.05, 4.69) is 74.1 Å². The molecule has 0 amide bonds. The summed E-state index contributed by atoms with van der Waals surface area (Å²) in [6.07, 6.45) is 5.47. The Bertz CT molecular complexity index is 1210. The largest absolute Gasteiger partial charge is 0.366 e. The van der Waals surface area contributed by atoms with Crippen LogP contribution in [-0.4, -0.2) is 70.0 Å². The van der Waals surface area contributed by atoms with Crippen LogP contribution in [0.3, 0.4) is 0 Å². The van der Waals surface area contributed by atoms with Gasteiger partial charge >= 0.3 is 0 Å². The molecule has 1 N–H and O–H groups in total. The van der Waals surface area contributed by atoms with Crippen molar-refractivity contribution in [3.63, 3.8) is 0 Å². The molecule has 0 saturated carbocycles. The molecule has 0 atom stereocenters. The van der Waals surface area contributed by atoms with E-state index in [4.69, 9.17) is 16.6 Å². The minimum Gasteiger partial charge on any atom is -0.366 e. The molecule has 7 nitrogen and oxygen atoms in total. The summed E-state index contributed by atoms with van der Waals surface area (Å²) in [5, 5.41) is 0.653. The average Bonchev–Trinajstić information content (AvgIpc) is 3.25. The van der Waals surface area contributed by atoms with Crippen molar-refractivity contribution >= 4 is 28.5 Å². The van der Waals surface area contributed by atoms with Crippen molar-refractivity contribution in [3.05, 3.63) is 71.1 Å². The molecule has 1 saturated heterocycles. The molecule has 1 fully saturated rings. The number of benzene rings is 1. The van der Waals surface area contributed by atoms with E-state index < -0.39 is 0 Å². The molecule has 0 spiro atoms. The molecule has 1 aliphatic rings. The lowest BCUT2D eigenvalue weighted by Gasteiger charge is -2.36. The highest BCUT2D eigenvalue weighted by Gasteiger charge is 2.23. The number of nitrogens with one attached hydrogen (secondary N) is 1. The molecule has 1 aliphatic heterocycles. The zero-order valence-electron chi connectivity index (χ0n) is 19.0. The highest BCUT2D eigenvalue weighted by atomic mass is 35.5. The summed E-state index contributed by atoms with van der Waals surface area (Å²) in [6.45, 7) is 5.54. The summed E-state index contributed by atoms with van der Waals surface area (Å²) in [5.41, 5.74) is 6.13. The van der Waals surface area contributed by atoms with Gasteiger partial charge in [0.25, 0.3) is 0 Å². The van der Waals surface area contributed by atoms with Gasteiger partial charge in [-0.1, -0.05) is 41.9 Å². The Labute approximate surface area is 199 Å². The quantitative estimate of drug-likeness (QED) is 0.467. The number of imidazole rings is 1. The summed E-state index contributed by atoms with van der Waals surface area (Å²) in [7, 11) is 4.14. The summed E-state index contributed by atoms with van der Waals surface area (Å²) in [5.74, 6) is 0.813. The van der Waals surface area contributed by atoms with Crippen LogP contribution in [0.15, 0.2) is 55.0 Å². The number of pyridine rings is 2. The first-order valence-corrected chi connectivity index (χ1v) is 11.6. The molecule has 5 rings (SSSR count). The molecular weight excluding hydrogens is 434 g/mol. The summed E-state index contributed by atoms with van der Waals surface area (Å²) in [6, 6.07) is 12.6. The normalized spacial score (nSPS) is 15.0. The van der Waals surface area contributed by atoms with Crippen LogP contribution in [-0.2, 0) is 13.1 Å². The molecule has 3 aromatic heterocycles. The lowest BCUT2D eigenvalue weighted by Crippen LogP contribution is -2.46.